The summed E-state index contributed by atoms with van der Waals surface area (Å²) in [5.41, 5.74) is 8.19. The zero-order valence-electron chi connectivity index (χ0n) is 10.6. The van der Waals surface area contributed by atoms with Gasteiger partial charge in [0.1, 0.15) is 0 Å². The molecule has 0 radical (unpaired) electrons. The number of fused-ring (bicyclic) bond motifs is 1. The number of benzene rings is 1. The number of carbonyl (C=O) groups excluding carboxylic acids is 1. The van der Waals surface area contributed by atoms with Gasteiger partial charge in [0, 0.05) is 12.5 Å². The Balaban J connectivity index is 1.83. The van der Waals surface area contributed by atoms with Gasteiger partial charge in [0.15, 0.2) is 0 Å². The molecular weight excluding hydrogens is 244 g/mol. The third-order valence-corrected chi connectivity index (χ3v) is 3.40. The van der Waals surface area contributed by atoms with Crippen molar-refractivity contribution in [2.75, 3.05) is 0 Å². The van der Waals surface area contributed by atoms with Crippen LogP contribution in [0.15, 0.2) is 24.3 Å². The van der Waals surface area contributed by atoms with Crippen LogP contribution in [-0.4, -0.2) is 29.1 Å². The van der Waals surface area contributed by atoms with Crippen molar-refractivity contribution in [3.05, 3.63) is 35.4 Å². The number of rotatable bonds is 5. The lowest BCUT2D eigenvalue weighted by Gasteiger charge is -2.16. The molecule has 2 rings (SSSR count). The SMILES string of the molecule is NC(CCC(=O)O)C(=O)NC1Cc2ccccc2C1. The number of aliphatic carboxylic acids is 1. The molecule has 19 heavy (non-hydrogen) atoms. The van der Waals surface area contributed by atoms with Gasteiger partial charge >= 0.3 is 5.97 Å². The molecule has 0 aromatic heterocycles. The van der Waals surface area contributed by atoms with E-state index < -0.39 is 12.0 Å². The summed E-state index contributed by atoms with van der Waals surface area (Å²) in [6, 6.07) is 7.42. The predicted octanol–water partition coefficient (Wildman–Crippen LogP) is 0.462. The Labute approximate surface area is 111 Å². The number of hydrogen-bond donors (Lipinski definition) is 3. The molecular formula is C14H18N2O3. The van der Waals surface area contributed by atoms with Crippen LogP contribution in [0.5, 0.6) is 0 Å². The topological polar surface area (TPSA) is 92.4 Å². The average Bonchev–Trinajstić information content (AvgIpc) is 2.77. The summed E-state index contributed by atoms with van der Waals surface area (Å²) in [4.78, 5) is 22.3. The van der Waals surface area contributed by atoms with Crippen molar-refractivity contribution < 1.29 is 14.7 Å². The van der Waals surface area contributed by atoms with Gasteiger partial charge in [-0.15, -0.1) is 0 Å². The summed E-state index contributed by atoms with van der Waals surface area (Å²) >= 11 is 0. The fourth-order valence-electron chi connectivity index (χ4n) is 2.38. The van der Waals surface area contributed by atoms with E-state index >= 15 is 0 Å². The zero-order chi connectivity index (χ0) is 13.8. The van der Waals surface area contributed by atoms with Crippen LogP contribution in [0.25, 0.3) is 0 Å². The van der Waals surface area contributed by atoms with E-state index in [0.717, 1.165) is 12.8 Å². The van der Waals surface area contributed by atoms with Crippen molar-refractivity contribution in [2.45, 2.75) is 37.8 Å². The molecule has 5 heteroatoms. The lowest BCUT2D eigenvalue weighted by Crippen LogP contribution is -2.45. The molecule has 5 nitrogen and oxygen atoms in total. The number of amides is 1. The summed E-state index contributed by atoms with van der Waals surface area (Å²) in [6.45, 7) is 0. The maximum absolute atomic E-state index is 11.8. The Morgan fingerprint density at radius 2 is 1.89 bits per heavy atom. The second kappa shape index (κ2) is 5.84. The fraction of sp³-hybridized carbons (Fsp3) is 0.429. The smallest absolute Gasteiger partial charge is 0.303 e. The molecule has 0 heterocycles. The minimum absolute atomic E-state index is 0.0702. The lowest BCUT2D eigenvalue weighted by molar-refractivity contribution is -0.137. The molecule has 0 fully saturated rings. The van der Waals surface area contributed by atoms with Crippen molar-refractivity contribution in [3.63, 3.8) is 0 Å². The first-order chi connectivity index (χ1) is 9.06. The number of nitrogens with one attached hydrogen (secondary N) is 1. The highest BCUT2D eigenvalue weighted by atomic mass is 16.4. The lowest BCUT2D eigenvalue weighted by atomic mass is 10.1. The van der Waals surface area contributed by atoms with Crippen LogP contribution in [0.3, 0.4) is 0 Å². The molecule has 4 N–H and O–H groups in total. The Bertz CT molecular complexity index is 462. The van der Waals surface area contributed by atoms with Crippen LogP contribution >= 0.6 is 0 Å². The third kappa shape index (κ3) is 3.54. The molecule has 0 saturated carbocycles. The zero-order valence-corrected chi connectivity index (χ0v) is 10.6. The van der Waals surface area contributed by atoms with Gasteiger partial charge in [-0.3, -0.25) is 9.59 Å². The van der Waals surface area contributed by atoms with Crippen LogP contribution < -0.4 is 11.1 Å². The number of nitrogens with two attached hydrogens (primary N) is 1. The first-order valence-electron chi connectivity index (χ1n) is 6.41. The highest BCUT2D eigenvalue weighted by molar-refractivity contribution is 5.82. The Kier molecular flexibility index (Phi) is 4.16. The van der Waals surface area contributed by atoms with Gasteiger partial charge < -0.3 is 16.2 Å². The summed E-state index contributed by atoms with van der Waals surface area (Å²) in [5.74, 6) is -1.20. The van der Waals surface area contributed by atoms with Crippen molar-refractivity contribution >= 4 is 11.9 Å². The minimum Gasteiger partial charge on any atom is -0.481 e. The van der Waals surface area contributed by atoms with E-state index in [4.69, 9.17) is 10.8 Å². The second-order valence-corrected chi connectivity index (χ2v) is 4.92. The number of carbonyl (C=O) groups is 2. The van der Waals surface area contributed by atoms with Crippen LogP contribution in [0, 0.1) is 0 Å². The van der Waals surface area contributed by atoms with Crippen LogP contribution in [0.4, 0.5) is 0 Å². The Morgan fingerprint density at radius 3 is 2.42 bits per heavy atom. The van der Waals surface area contributed by atoms with Gasteiger partial charge in [-0.2, -0.15) is 0 Å². The molecule has 0 spiro atoms. The van der Waals surface area contributed by atoms with Gasteiger partial charge in [0.2, 0.25) is 5.91 Å². The molecule has 102 valence electrons. The van der Waals surface area contributed by atoms with E-state index in [1.165, 1.54) is 11.1 Å². The van der Waals surface area contributed by atoms with Gasteiger partial charge in [0.05, 0.1) is 6.04 Å². The maximum Gasteiger partial charge on any atom is 0.303 e. The van der Waals surface area contributed by atoms with Crippen molar-refractivity contribution in [2.24, 2.45) is 5.73 Å². The summed E-state index contributed by atoms with van der Waals surface area (Å²) in [6.07, 6.45) is 1.71. The molecule has 0 saturated heterocycles. The highest BCUT2D eigenvalue weighted by Gasteiger charge is 2.24. The van der Waals surface area contributed by atoms with Gasteiger partial charge in [-0.1, -0.05) is 24.3 Å². The van der Waals surface area contributed by atoms with Crippen LogP contribution in [0.1, 0.15) is 24.0 Å². The largest absolute Gasteiger partial charge is 0.481 e. The van der Waals surface area contributed by atoms with Gasteiger partial charge in [0.25, 0.3) is 0 Å². The van der Waals surface area contributed by atoms with E-state index in [0.29, 0.717) is 0 Å². The second-order valence-electron chi connectivity index (χ2n) is 4.92. The summed E-state index contributed by atoms with van der Waals surface area (Å²) in [7, 11) is 0. The monoisotopic (exact) mass is 262 g/mol. The normalized spacial score (nSPS) is 15.8. The molecule has 1 aliphatic rings. The number of carboxylic acids is 1. The first kappa shape index (κ1) is 13.5. The minimum atomic E-state index is -0.934. The Hall–Kier alpha value is -1.88. The predicted molar refractivity (Wildman–Crippen MR) is 70.6 cm³/mol. The molecule has 1 atom stereocenters. The highest BCUT2D eigenvalue weighted by Crippen LogP contribution is 2.21. The van der Waals surface area contributed by atoms with E-state index in [1.807, 2.05) is 12.1 Å². The standard InChI is InChI=1S/C14H18N2O3/c15-12(5-6-13(17)18)14(19)16-11-7-9-3-1-2-4-10(9)8-11/h1-4,11-12H,5-8,15H2,(H,16,19)(H,17,18). The molecule has 1 unspecified atom stereocenters. The van der Waals surface area contributed by atoms with E-state index in [1.54, 1.807) is 0 Å². The van der Waals surface area contributed by atoms with Crippen molar-refractivity contribution in [1.82, 2.24) is 5.32 Å². The number of carboxylic acid groups (broad SMARTS) is 1. The number of hydrogen-bond acceptors (Lipinski definition) is 3. The van der Waals surface area contributed by atoms with Crippen LogP contribution in [0.2, 0.25) is 0 Å². The summed E-state index contributed by atoms with van der Waals surface area (Å²) in [5, 5.41) is 11.5. The summed E-state index contributed by atoms with van der Waals surface area (Å²) < 4.78 is 0. The first-order valence-corrected chi connectivity index (χ1v) is 6.41. The molecule has 1 aliphatic carbocycles. The fourth-order valence-corrected chi connectivity index (χ4v) is 2.38. The maximum atomic E-state index is 11.8. The van der Waals surface area contributed by atoms with Crippen LogP contribution in [-0.2, 0) is 22.4 Å². The van der Waals surface area contributed by atoms with Crippen molar-refractivity contribution in [1.29, 1.82) is 0 Å². The quantitative estimate of drug-likeness (QED) is 0.719. The van der Waals surface area contributed by atoms with Gasteiger partial charge in [-0.25, -0.2) is 0 Å². The average molecular weight is 262 g/mol. The van der Waals surface area contributed by atoms with E-state index in [-0.39, 0.29) is 24.8 Å². The molecule has 0 aliphatic heterocycles. The third-order valence-electron chi connectivity index (χ3n) is 3.40. The van der Waals surface area contributed by atoms with Gasteiger partial charge in [-0.05, 0) is 30.4 Å². The molecule has 1 aromatic carbocycles. The molecule has 1 aromatic rings. The Morgan fingerprint density at radius 1 is 1.32 bits per heavy atom. The van der Waals surface area contributed by atoms with Crippen molar-refractivity contribution in [3.8, 4) is 0 Å². The molecule has 1 amide bonds. The van der Waals surface area contributed by atoms with E-state index in [9.17, 15) is 9.59 Å². The molecule has 0 bridgehead atoms. The van der Waals surface area contributed by atoms with E-state index in [2.05, 4.69) is 17.4 Å².